The first-order chi connectivity index (χ1) is 10.2. The average molecular weight is 321 g/mol. The highest BCUT2D eigenvalue weighted by Gasteiger charge is 2.62. The SMILES string of the molecule is CCOc1ccccc1C(=O)N[C@@](O)(C(=O)OC)C(F)(F)F. The van der Waals surface area contributed by atoms with E-state index in [0.717, 1.165) is 0 Å². The van der Waals surface area contributed by atoms with Gasteiger partial charge in [-0.3, -0.25) is 4.79 Å². The Balaban J connectivity index is 3.15. The van der Waals surface area contributed by atoms with Crippen molar-refractivity contribution in [2.75, 3.05) is 13.7 Å². The molecule has 1 amide bonds. The summed E-state index contributed by atoms with van der Waals surface area (Å²) in [6, 6.07) is 5.46. The molecule has 1 atom stereocenters. The summed E-state index contributed by atoms with van der Waals surface area (Å²) in [4.78, 5) is 23.2. The number of alkyl halides is 3. The van der Waals surface area contributed by atoms with Gasteiger partial charge in [0.25, 0.3) is 5.91 Å². The van der Waals surface area contributed by atoms with Crippen LogP contribution in [0.2, 0.25) is 0 Å². The highest BCUT2D eigenvalue weighted by Crippen LogP contribution is 2.30. The van der Waals surface area contributed by atoms with E-state index < -0.39 is 23.8 Å². The second-order valence-electron chi connectivity index (χ2n) is 4.08. The number of para-hydroxylation sites is 1. The van der Waals surface area contributed by atoms with Gasteiger partial charge in [0, 0.05) is 0 Å². The molecule has 0 saturated carbocycles. The van der Waals surface area contributed by atoms with E-state index in [0.29, 0.717) is 7.11 Å². The van der Waals surface area contributed by atoms with Gasteiger partial charge in [-0.25, -0.2) is 4.79 Å². The molecule has 1 aromatic carbocycles. The first-order valence-corrected chi connectivity index (χ1v) is 6.09. The van der Waals surface area contributed by atoms with Crippen LogP contribution in [0.3, 0.4) is 0 Å². The van der Waals surface area contributed by atoms with E-state index in [4.69, 9.17) is 4.74 Å². The van der Waals surface area contributed by atoms with Crippen LogP contribution in [0.1, 0.15) is 17.3 Å². The number of aliphatic hydroxyl groups is 1. The zero-order valence-corrected chi connectivity index (χ0v) is 11.7. The Hall–Kier alpha value is -2.29. The Morgan fingerprint density at radius 1 is 1.27 bits per heavy atom. The van der Waals surface area contributed by atoms with Crippen molar-refractivity contribution in [2.45, 2.75) is 18.8 Å². The van der Waals surface area contributed by atoms with Crippen LogP contribution in [0.5, 0.6) is 5.75 Å². The summed E-state index contributed by atoms with van der Waals surface area (Å²) in [5.41, 5.74) is -4.42. The first kappa shape index (κ1) is 17.8. The van der Waals surface area contributed by atoms with Crippen molar-refractivity contribution in [1.29, 1.82) is 0 Å². The first-order valence-electron chi connectivity index (χ1n) is 6.09. The third kappa shape index (κ3) is 3.48. The number of nitrogens with one attached hydrogen (secondary N) is 1. The maximum atomic E-state index is 12.9. The summed E-state index contributed by atoms with van der Waals surface area (Å²) >= 11 is 0. The lowest BCUT2D eigenvalue weighted by atomic mass is 10.1. The summed E-state index contributed by atoms with van der Waals surface area (Å²) < 4.78 is 47.6. The topological polar surface area (TPSA) is 84.9 Å². The molecule has 0 fully saturated rings. The van der Waals surface area contributed by atoms with Crippen LogP contribution in [0.15, 0.2) is 24.3 Å². The van der Waals surface area contributed by atoms with Gasteiger partial charge in [0.15, 0.2) is 0 Å². The minimum absolute atomic E-state index is 0.0110. The Labute approximate surface area is 123 Å². The smallest absolute Gasteiger partial charge is 0.448 e. The molecule has 0 aromatic heterocycles. The Morgan fingerprint density at radius 2 is 1.86 bits per heavy atom. The number of ether oxygens (including phenoxy) is 2. The van der Waals surface area contributed by atoms with E-state index in [-0.39, 0.29) is 17.9 Å². The number of halogens is 3. The van der Waals surface area contributed by atoms with Crippen LogP contribution in [-0.4, -0.2) is 42.6 Å². The quantitative estimate of drug-likeness (QED) is 0.629. The lowest BCUT2D eigenvalue weighted by Crippen LogP contribution is -2.64. The van der Waals surface area contributed by atoms with Gasteiger partial charge in [0.1, 0.15) is 5.75 Å². The van der Waals surface area contributed by atoms with Crippen LogP contribution < -0.4 is 10.1 Å². The molecule has 1 rings (SSSR count). The molecule has 9 heteroatoms. The number of benzene rings is 1. The van der Waals surface area contributed by atoms with E-state index in [1.165, 1.54) is 29.6 Å². The molecule has 2 N–H and O–H groups in total. The Bertz CT molecular complexity index is 561. The average Bonchev–Trinajstić information content (AvgIpc) is 2.45. The molecule has 0 heterocycles. The standard InChI is InChI=1S/C13H14F3NO5/c1-3-22-9-7-5-4-6-8(9)10(18)17-12(20,11(19)21-2)13(14,15)16/h4-7,20H,3H2,1-2H3,(H,17,18)/t12-/m1/s1. The van der Waals surface area contributed by atoms with E-state index in [2.05, 4.69) is 4.74 Å². The molecular formula is C13H14F3NO5. The van der Waals surface area contributed by atoms with Gasteiger partial charge in [-0.05, 0) is 19.1 Å². The zero-order valence-electron chi connectivity index (χ0n) is 11.7. The van der Waals surface area contributed by atoms with Gasteiger partial charge in [-0.2, -0.15) is 13.2 Å². The molecule has 6 nitrogen and oxygen atoms in total. The van der Waals surface area contributed by atoms with Gasteiger partial charge in [-0.15, -0.1) is 0 Å². The molecule has 0 spiro atoms. The molecule has 0 saturated heterocycles. The lowest BCUT2D eigenvalue weighted by Gasteiger charge is -2.28. The fourth-order valence-corrected chi connectivity index (χ4v) is 1.55. The highest BCUT2D eigenvalue weighted by molar-refractivity contribution is 6.00. The molecule has 1 aromatic rings. The number of rotatable bonds is 5. The number of esters is 1. The lowest BCUT2D eigenvalue weighted by molar-refractivity contribution is -0.268. The van der Waals surface area contributed by atoms with Gasteiger partial charge in [-0.1, -0.05) is 12.1 Å². The van der Waals surface area contributed by atoms with Crippen molar-refractivity contribution in [3.8, 4) is 5.75 Å². The predicted molar refractivity (Wildman–Crippen MR) is 68.1 cm³/mol. The third-order valence-electron chi connectivity index (χ3n) is 2.62. The van der Waals surface area contributed by atoms with E-state index in [9.17, 15) is 27.9 Å². The normalized spacial score (nSPS) is 13.9. The van der Waals surface area contributed by atoms with Crippen LogP contribution in [0, 0.1) is 0 Å². The molecule has 0 aliphatic heterocycles. The molecule has 0 aliphatic rings. The molecule has 122 valence electrons. The van der Waals surface area contributed by atoms with Crippen LogP contribution in [0.4, 0.5) is 13.2 Å². The van der Waals surface area contributed by atoms with Crippen molar-refractivity contribution in [2.24, 2.45) is 0 Å². The number of amides is 1. The number of carbonyl (C=O) groups is 2. The maximum absolute atomic E-state index is 12.9. The Kier molecular flexibility index (Phi) is 5.37. The van der Waals surface area contributed by atoms with Gasteiger partial charge in [0.2, 0.25) is 0 Å². The van der Waals surface area contributed by atoms with E-state index >= 15 is 0 Å². The van der Waals surface area contributed by atoms with E-state index in [1.807, 2.05) is 0 Å². The minimum Gasteiger partial charge on any atom is -0.493 e. The summed E-state index contributed by atoms with van der Waals surface area (Å²) in [6.45, 7) is 1.79. The van der Waals surface area contributed by atoms with Crippen LogP contribution >= 0.6 is 0 Å². The monoisotopic (exact) mass is 321 g/mol. The molecule has 0 unspecified atom stereocenters. The second-order valence-corrected chi connectivity index (χ2v) is 4.08. The van der Waals surface area contributed by atoms with Crippen molar-refractivity contribution in [1.82, 2.24) is 5.32 Å². The van der Waals surface area contributed by atoms with Crippen molar-refractivity contribution >= 4 is 11.9 Å². The largest absolute Gasteiger partial charge is 0.493 e. The molecule has 22 heavy (non-hydrogen) atoms. The number of hydrogen-bond donors (Lipinski definition) is 2. The number of carbonyl (C=O) groups excluding carboxylic acids is 2. The second kappa shape index (κ2) is 6.65. The fraction of sp³-hybridized carbons (Fsp3) is 0.385. The highest BCUT2D eigenvalue weighted by atomic mass is 19.4. The van der Waals surface area contributed by atoms with Crippen molar-refractivity contribution in [3.63, 3.8) is 0 Å². The van der Waals surface area contributed by atoms with Crippen LogP contribution in [-0.2, 0) is 9.53 Å². The minimum atomic E-state index is -5.46. The number of hydrogen-bond acceptors (Lipinski definition) is 5. The maximum Gasteiger partial charge on any atom is 0.448 e. The zero-order chi connectivity index (χ0) is 17.0. The summed E-state index contributed by atoms with van der Waals surface area (Å²) in [6.07, 6.45) is -5.46. The summed E-state index contributed by atoms with van der Waals surface area (Å²) in [7, 11) is 0.652. The van der Waals surface area contributed by atoms with Crippen LogP contribution in [0.25, 0.3) is 0 Å². The summed E-state index contributed by atoms with van der Waals surface area (Å²) in [5.74, 6) is -3.38. The summed E-state index contributed by atoms with van der Waals surface area (Å²) in [5, 5.41) is 10.7. The molecule has 0 aliphatic carbocycles. The third-order valence-corrected chi connectivity index (χ3v) is 2.62. The van der Waals surface area contributed by atoms with Gasteiger partial charge < -0.3 is 19.9 Å². The molecule has 0 bridgehead atoms. The predicted octanol–water partition coefficient (Wildman–Crippen LogP) is 1.24. The van der Waals surface area contributed by atoms with Crippen molar-refractivity contribution in [3.05, 3.63) is 29.8 Å². The molecule has 0 radical (unpaired) electrons. The Morgan fingerprint density at radius 3 is 2.36 bits per heavy atom. The number of methoxy groups -OCH3 is 1. The molecular weight excluding hydrogens is 307 g/mol. The van der Waals surface area contributed by atoms with Gasteiger partial charge >= 0.3 is 17.9 Å². The van der Waals surface area contributed by atoms with Gasteiger partial charge in [0.05, 0.1) is 19.3 Å². The van der Waals surface area contributed by atoms with Crippen molar-refractivity contribution < 1.29 is 37.3 Å². The fourth-order valence-electron chi connectivity index (χ4n) is 1.55. The van der Waals surface area contributed by atoms with E-state index in [1.54, 1.807) is 6.92 Å².